The van der Waals surface area contributed by atoms with Gasteiger partial charge in [-0.2, -0.15) is 0 Å². The lowest BCUT2D eigenvalue weighted by Crippen LogP contribution is -2.26. The van der Waals surface area contributed by atoms with Gasteiger partial charge in [0.2, 0.25) is 0 Å². The van der Waals surface area contributed by atoms with Crippen LogP contribution in [0.1, 0.15) is 41.6 Å². The third-order valence-corrected chi connectivity index (χ3v) is 3.83. The first-order valence-electron chi connectivity index (χ1n) is 7.16. The van der Waals surface area contributed by atoms with Crippen LogP contribution in [-0.4, -0.2) is 26.0 Å². The molecular formula is C16H25NO2. The molecule has 0 saturated carbocycles. The minimum Gasteiger partial charge on any atom is -0.350 e. The van der Waals surface area contributed by atoms with Gasteiger partial charge in [-0.15, -0.1) is 0 Å². The van der Waals surface area contributed by atoms with E-state index >= 15 is 0 Å². The summed E-state index contributed by atoms with van der Waals surface area (Å²) in [5.41, 5.74) is 5.40. The number of hydrogen-bond donors (Lipinski definition) is 1. The third-order valence-electron chi connectivity index (χ3n) is 3.83. The molecule has 1 unspecified atom stereocenters. The molecule has 1 aliphatic heterocycles. The maximum atomic E-state index is 5.58. The van der Waals surface area contributed by atoms with Crippen LogP contribution in [0.5, 0.6) is 0 Å². The zero-order chi connectivity index (χ0) is 13.8. The molecule has 0 aromatic heterocycles. The van der Waals surface area contributed by atoms with Gasteiger partial charge < -0.3 is 14.8 Å². The van der Waals surface area contributed by atoms with Crippen molar-refractivity contribution in [3.63, 3.8) is 0 Å². The Morgan fingerprint density at radius 1 is 1.11 bits per heavy atom. The fourth-order valence-electron chi connectivity index (χ4n) is 2.66. The summed E-state index contributed by atoms with van der Waals surface area (Å²) in [5.74, 6) is 0. The van der Waals surface area contributed by atoms with Gasteiger partial charge in [-0.3, -0.25) is 0 Å². The molecular weight excluding hydrogens is 238 g/mol. The van der Waals surface area contributed by atoms with E-state index in [1.807, 2.05) is 0 Å². The number of hydrogen-bond acceptors (Lipinski definition) is 3. The lowest BCUT2D eigenvalue weighted by atomic mass is 9.94. The van der Waals surface area contributed by atoms with Crippen molar-refractivity contribution in [1.29, 1.82) is 0 Å². The standard InChI is InChI=1S/C16H25NO2/c1-5-17-15(10-16-18-6-7-19-16)14-9-12(3)11(2)8-13(14)4/h8-9,15-17H,5-7,10H2,1-4H3. The molecule has 1 saturated heterocycles. The highest BCUT2D eigenvalue weighted by Gasteiger charge is 2.23. The van der Waals surface area contributed by atoms with Gasteiger partial charge in [0, 0.05) is 12.5 Å². The van der Waals surface area contributed by atoms with Crippen LogP contribution in [0.2, 0.25) is 0 Å². The van der Waals surface area contributed by atoms with E-state index in [1.165, 1.54) is 22.3 Å². The average Bonchev–Trinajstić information content (AvgIpc) is 2.86. The van der Waals surface area contributed by atoms with E-state index in [-0.39, 0.29) is 6.29 Å². The molecule has 1 aliphatic rings. The molecule has 1 aromatic carbocycles. The summed E-state index contributed by atoms with van der Waals surface area (Å²) in [6.45, 7) is 11.0. The number of nitrogens with one attached hydrogen (secondary N) is 1. The van der Waals surface area contributed by atoms with Gasteiger partial charge in [0.1, 0.15) is 0 Å². The third kappa shape index (κ3) is 3.56. The van der Waals surface area contributed by atoms with Gasteiger partial charge in [0.15, 0.2) is 6.29 Å². The molecule has 0 amide bonds. The van der Waals surface area contributed by atoms with Gasteiger partial charge >= 0.3 is 0 Å². The maximum absolute atomic E-state index is 5.58. The Bertz CT molecular complexity index is 425. The molecule has 0 aliphatic carbocycles. The van der Waals surface area contributed by atoms with Crippen LogP contribution < -0.4 is 5.32 Å². The van der Waals surface area contributed by atoms with Crippen molar-refractivity contribution in [2.24, 2.45) is 0 Å². The average molecular weight is 263 g/mol. The molecule has 3 heteroatoms. The highest BCUT2D eigenvalue weighted by atomic mass is 16.7. The smallest absolute Gasteiger partial charge is 0.159 e. The molecule has 1 heterocycles. The predicted octanol–water partition coefficient (Wildman–Crippen LogP) is 3.03. The van der Waals surface area contributed by atoms with Crippen molar-refractivity contribution in [2.75, 3.05) is 19.8 Å². The van der Waals surface area contributed by atoms with Crippen LogP contribution in [0.3, 0.4) is 0 Å². The number of ether oxygens (including phenoxy) is 2. The second kappa shape index (κ2) is 6.51. The molecule has 3 nitrogen and oxygen atoms in total. The predicted molar refractivity (Wildman–Crippen MR) is 77.4 cm³/mol. The normalized spacial score (nSPS) is 17.9. The van der Waals surface area contributed by atoms with Crippen LogP contribution >= 0.6 is 0 Å². The number of rotatable bonds is 5. The Balaban J connectivity index is 2.19. The van der Waals surface area contributed by atoms with E-state index in [0.717, 1.165) is 26.2 Å². The Kier molecular flexibility index (Phi) is 4.97. The highest BCUT2D eigenvalue weighted by Crippen LogP contribution is 2.27. The lowest BCUT2D eigenvalue weighted by Gasteiger charge is -2.23. The van der Waals surface area contributed by atoms with Crippen molar-refractivity contribution < 1.29 is 9.47 Å². The van der Waals surface area contributed by atoms with E-state index in [1.54, 1.807) is 0 Å². The topological polar surface area (TPSA) is 30.5 Å². The first-order chi connectivity index (χ1) is 9.11. The summed E-state index contributed by atoms with van der Waals surface area (Å²) < 4.78 is 11.2. The molecule has 106 valence electrons. The molecule has 1 N–H and O–H groups in total. The van der Waals surface area contributed by atoms with Crippen molar-refractivity contribution in [1.82, 2.24) is 5.32 Å². The summed E-state index contributed by atoms with van der Waals surface area (Å²) in [6.07, 6.45) is 0.807. The van der Waals surface area contributed by atoms with E-state index in [2.05, 4.69) is 45.1 Å². The number of aryl methyl sites for hydroxylation is 3. The summed E-state index contributed by atoms with van der Waals surface area (Å²) in [5, 5.41) is 3.55. The molecule has 1 atom stereocenters. The van der Waals surface area contributed by atoms with Crippen LogP contribution in [0.15, 0.2) is 12.1 Å². The highest BCUT2D eigenvalue weighted by molar-refractivity contribution is 5.38. The van der Waals surface area contributed by atoms with Crippen molar-refractivity contribution in [2.45, 2.75) is 46.4 Å². The van der Waals surface area contributed by atoms with Gasteiger partial charge in [0.05, 0.1) is 13.2 Å². The van der Waals surface area contributed by atoms with Crippen LogP contribution in [0.25, 0.3) is 0 Å². The van der Waals surface area contributed by atoms with Crippen LogP contribution in [0, 0.1) is 20.8 Å². The van der Waals surface area contributed by atoms with Gasteiger partial charge in [0.25, 0.3) is 0 Å². The Labute approximate surface area is 116 Å². The van der Waals surface area contributed by atoms with E-state index in [4.69, 9.17) is 9.47 Å². The molecule has 0 bridgehead atoms. The molecule has 0 radical (unpaired) electrons. The molecule has 1 fully saturated rings. The van der Waals surface area contributed by atoms with Gasteiger partial charge in [-0.1, -0.05) is 19.1 Å². The van der Waals surface area contributed by atoms with Crippen molar-refractivity contribution >= 4 is 0 Å². The van der Waals surface area contributed by atoms with Crippen molar-refractivity contribution in [3.05, 3.63) is 34.4 Å². The summed E-state index contributed by atoms with van der Waals surface area (Å²) in [6, 6.07) is 4.87. The van der Waals surface area contributed by atoms with Gasteiger partial charge in [-0.05, 0) is 49.6 Å². The maximum Gasteiger partial charge on any atom is 0.159 e. The Morgan fingerprint density at radius 3 is 2.37 bits per heavy atom. The quantitative estimate of drug-likeness (QED) is 0.885. The zero-order valence-corrected chi connectivity index (χ0v) is 12.5. The zero-order valence-electron chi connectivity index (χ0n) is 12.5. The fourth-order valence-corrected chi connectivity index (χ4v) is 2.66. The van der Waals surface area contributed by atoms with Crippen LogP contribution in [0.4, 0.5) is 0 Å². The fraction of sp³-hybridized carbons (Fsp3) is 0.625. The van der Waals surface area contributed by atoms with E-state index in [9.17, 15) is 0 Å². The molecule has 0 spiro atoms. The summed E-state index contributed by atoms with van der Waals surface area (Å²) in [4.78, 5) is 0. The molecule has 1 aromatic rings. The van der Waals surface area contributed by atoms with E-state index in [0.29, 0.717) is 6.04 Å². The first kappa shape index (κ1) is 14.5. The lowest BCUT2D eigenvalue weighted by molar-refractivity contribution is -0.0529. The minimum atomic E-state index is -0.0648. The van der Waals surface area contributed by atoms with E-state index < -0.39 is 0 Å². The first-order valence-corrected chi connectivity index (χ1v) is 7.16. The molecule has 2 rings (SSSR count). The van der Waals surface area contributed by atoms with Crippen molar-refractivity contribution in [3.8, 4) is 0 Å². The largest absolute Gasteiger partial charge is 0.350 e. The Morgan fingerprint density at radius 2 is 1.74 bits per heavy atom. The summed E-state index contributed by atoms with van der Waals surface area (Å²) in [7, 11) is 0. The number of benzene rings is 1. The minimum absolute atomic E-state index is 0.0648. The van der Waals surface area contributed by atoms with Gasteiger partial charge in [-0.25, -0.2) is 0 Å². The second-order valence-electron chi connectivity index (χ2n) is 5.31. The summed E-state index contributed by atoms with van der Waals surface area (Å²) >= 11 is 0. The monoisotopic (exact) mass is 263 g/mol. The SMILES string of the molecule is CCNC(CC1OCCO1)c1cc(C)c(C)cc1C. The van der Waals surface area contributed by atoms with Crippen LogP contribution in [-0.2, 0) is 9.47 Å². The Hall–Kier alpha value is -0.900. The molecule has 19 heavy (non-hydrogen) atoms. The second-order valence-corrected chi connectivity index (χ2v) is 5.31.